The van der Waals surface area contributed by atoms with Gasteiger partial charge in [-0.15, -0.1) is 0 Å². The molecule has 1 aliphatic heterocycles. The Kier molecular flexibility index (Phi) is 4.72. The monoisotopic (exact) mass is 351 g/mol. The summed E-state index contributed by atoms with van der Waals surface area (Å²) in [5.41, 5.74) is -2.28. The highest BCUT2D eigenvalue weighted by molar-refractivity contribution is 6.06. The molecule has 1 fully saturated rings. The largest absolute Gasteiger partial charge is 0.478 e. The Bertz CT molecular complexity index is 755. The molecule has 1 heterocycles. The predicted molar refractivity (Wildman–Crippen MR) is 78.7 cm³/mol. The number of aromatic carboxylic acids is 1. The molecule has 0 aromatic heterocycles. The third kappa shape index (κ3) is 3.57. The van der Waals surface area contributed by atoms with Crippen molar-refractivity contribution in [3.05, 3.63) is 29.8 Å². The van der Waals surface area contributed by atoms with Gasteiger partial charge in [-0.2, -0.15) is 0 Å². The van der Waals surface area contributed by atoms with Crippen LogP contribution >= 0.6 is 0 Å². The molecule has 3 N–H and O–H groups in total. The molecule has 0 radical (unpaired) electrons. The van der Waals surface area contributed by atoms with Crippen molar-refractivity contribution < 1.29 is 43.7 Å². The Morgan fingerprint density at radius 3 is 2.28 bits per heavy atom. The fraction of sp³-hybridized carbons (Fsp3) is 0.267. The Hall–Kier alpha value is -3.43. The zero-order valence-corrected chi connectivity index (χ0v) is 12.8. The summed E-state index contributed by atoms with van der Waals surface area (Å²) in [6.45, 7) is 0.957. The van der Waals surface area contributed by atoms with Crippen LogP contribution < -0.4 is 5.32 Å². The fourth-order valence-electron chi connectivity index (χ4n) is 2.35. The first-order valence-corrected chi connectivity index (χ1v) is 6.92. The number of carboxylic acids is 2. The summed E-state index contributed by atoms with van der Waals surface area (Å²) in [6.07, 6.45) is -2.76. The summed E-state index contributed by atoms with van der Waals surface area (Å²) in [6, 6.07) is 4.94. The maximum Gasteiger partial charge on any atom is 0.349 e. The second-order valence-corrected chi connectivity index (χ2v) is 5.20. The molecule has 0 bridgehead atoms. The third-order valence-corrected chi connectivity index (χ3v) is 3.40. The van der Waals surface area contributed by atoms with E-state index in [1.165, 1.54) is 24.3 Å². The summed E-state index contributed by atoms with van der Waals surface area (Å²) < 4.78 is 9.46. The summed E-state index contributed by atoms with van der Waals surface area (Å²) in [5.74, 6) is -5.88. The number of carbonyl (C=O) groups is 5. The van der Waals surface area contributed by atoms with Crippen LogP contribution in [0.3, 0.4) is 0 Å². The lowest BCUT2D eigenvalue weighted by Crippen LogP contribution is -2.55. The van der Waals surface area contributed by atoms with Gasteiger partial charge in [-0.1, -0.05) is 0 Å². The molecule has 0 saturated carbocycles. The van der Waals surface area contributed by atoms with Crippen LogP contribution in [0.4, 0.5) is 5.69 Å². The van der Waals surface area contributed by atoms with E-state index in [-0.39, 0.29) is 11.3 Å². The number of ether oxygens (including phenoxy) is 2. The van der Waals surface area contributed by atoms with Crippen molar-refractivity contribution in [2.24, 2.45) is 0 Å². The number of amides is 1. The average Bonchev–Trinajstić information content (AvgIpc) is 2.85. The van der Waals surface area contributed by atoms with Crippen molar-refractivity contribution in [2.45, 2.75) is 25.0 Å². The quantitative estimate of drug-likeness (QED) is 0.622. The Balaban J connectivity index is 2.32. The highest BCUT2D eigenvalue weighted by Crippen LogP contribution is 2.33. The zero-order chi connectivity index (χ0) is 18.8. The molecule has 25 heavy (non-hydrogen) atoms. The maximum atomic E-state index is 12.6. The number of cyclic esters (lactones) is 1. The lowest BCUT2D eigenvalue weighted by atomic mass is 9.93. The number of benzene rings is 1. The Morgan fingerprint density at radius 2 is 1.80 bits per heavy atom. The molecule has 2 rings (SSSR count). The smallest absolute Gasteiger partial charge is 0.349 e. The van der Waals surface area contributed by atoms with Crippen molar-refractivity contribution in [2.75, 3.05) is 5.32 Å². The minimum atomic E-state index is -2.36. The van der Waals surface area contributed by atoms with Crippen LogP contribution in [-0.2, 0) is 28.7 Å². The van der Waals surface area contributed by atoms with Crippen LogP contribution in [0.1, 0.15) is 23.7 Å². The standard InChI is InChI=1S/C15H13NO9/c1-7(17)25-15(6-10(18)24-11(15)13(21)22)14(23)16-9-4-2-8(3-5-9)12(19)20/h2-5,11H,6H2,1H3,(H,16,23)(H,19,20)(H,21,22)/t11?,15-/m0/s1. The van der Waals surface area contributed by atoms with Crippen LogP contribution in [0.15, 0.2) is 24.3 Å². The summed E-state index contributed by atoms with van der Waals surface area (Å²) >= 11 is 0. The van der Waals surface area contributed by atoms with E-state index < -0.39 is 47.9 Å². The maximum absolute atomic E-state index is 12.6. The molecule has 10 heteroatoms. The van der Waals surface area contributed by atoms with E-state index in [1.54, 1.807) is 0 Å². The number of hydrogen-bond acceptors (Lipinski definition) is 7. The van der Waals surface area contributed by atoms with E-state index in [4.69, 9.17) is 9.84 Å². The van der Waals surface area contributed by atoms with Gasteiger partial charge in [0.15, 0.2) is 0 Å². The Morgan fingerprint density at radius 1 is 1.20 bits per heavy atom. The van der Waals surface area contributed by atoms with E-state index in [9.17, 15) is 29.1 Å². The number of anilines is 1. The van der Waals surface area contributed by atoms with Crippen LogP contribution in [0.5, 0.6) is 0 Å². The van der Waals surface area contributed by atoms with Crippen molar-refractivity contribution in [1.29, 1.82) is 0 Å². The normalized spacial score (nSPS) is 22.0. The number of rotatable bonds is 5. The van der Waals surface area contributed by atoms with Gasteiger partial charge in [-0.3, -0.25) is 14.4 Å². The van der Waals surface area contributed by atoms with E-state index in [0.29, 0.717) is 0 Å². The summed E-state index contributed by atoms with van der Waals surface area (Å²) in [5, 5.41) is 20.3. The van der Waals surface area contributed by atoms with Crippen LogP contribution in [0.25, 0.3) is 0 Å². The molecule has 0 aliphatic carbocycles. The minimum Gasteiger partial charge on any atom is -0.478 e. The first-order valence-electron chi connectivity index (χ1n) is 6.92. The van der Waals surface area contributed by atoms with Gasteiger partial charge in [0.2, 0.25) is 11.7 Å². The molecule has 1 aliphatic rings. The number of nitrogens with one attached hydrogen (secondary N) is 1. The highest BCUT2D eigenvalue weighted by Gasteiger charge is 2.61. The van der Waals surface area contributed by atoms with Gasteiger partial charge in [-0.05, 0) is 24.3 Å². The molecule has 2 atom stereocenters. The minimum absolute atomic E-state index is 0.0320. The molecule has 10 nitrogen and oxygen atoms in total. The molecule has 132 valence electrons. The van der Waals surface area contributed by atoms with E-state index in [1.807, 2.05) is 0 Å². The van der Waals surface area contributed by atoms with Crippen molar-refractivity contribution >= 4 is 35.5 Å². The summed E-state index contributed by atoms with van der Waals surface area (Å²) in [7, 11) is 0. The predicted octanol–water partition coefficient (Wildman–Crippen LogP) is 0.0253. The topological polar surface area (TPSA) is 156 Å². The SMILES string of the molecule is CC(=O)O[C@@]1(C(=O)Nc2ccc(C(=O)O)cc2)CC(=O)OC1C(=O)O. The molecular weight excluding hydrogens is 338 g/mol. The molecule has 1 amide bonds. The van der Waals surface area contributed by atoms with Gasteiger partial charge in [0, 0.05) is 12.6 Å². The van der Waals surface area contributed by atoms with E-state index >= 15 is 0 Å². The molecule has 1 aromatic carbocycles. The molecule has 1 aromatic rings. The number of esters is 2. The zero-order valence-electron chi connectivity index (χ0n) is 12.8. The number of carboxylic acid groups (broad SMARTS) is 2. The van der Waals surface area contributed by atoms with Crippen molar-refractivity contribution in [3.8, 4) is 0 Å². The first-order chi connectivity index (χ1) is 11.7. The van der Waals surface area contributed by atoms with Gasteiger partial charge in [0.1, 0.15) is 0 Å². The lowest BCUT2D eigenvalue weighted by molar-refractivity contribution is -0.179. The van der Waals surface area contributed by atoms with Gasteiger partial charge in [0.05, 0.1) is 12.0 Å². The van der Waals surface area contributed by atoms with Crippen LogP contribution in [0, 0.1) is 0 Å². The lowest BCUT2D eigenvalue weighted by Gasteiger charge is -2.28. The summed E-state index contributed by atoms with van der Waals surface area (Å²) in [4.78, 5) is 57.5. The molecule has 1 saturated heterocycles. The van der Waals surface area contributed by atoms with E-state index in [2.05, 4.69) is 10.1 Å². The first kappa shape index (κ1) is 17.9. The van der Waals surface area contributed by atoms with Crippen molar-refractivity contribution in [3.63, 3.8) is 0 Å². The van der Waals surface area contributed by atoms with Crippen LogP contribution in [0.2, 0.25) is 0 Å². The van der Waals surface area contributed by atoms with Gasteiger partial charge in [0.25, 0.3) is 5.91 Å². The number of hydrogen-bond donors (Lipinski definition) is 3. The van der Waals surface area contributed by atoms with Crippen LogP contribution in [-0.4, -0.2) is 51.7 Å². The molecular formula is C15H13NO9. The molecule has 0 spiro atoms. The third-order valence-electron chi connectivity index (χ3n) is 3.40. The molecule has 1 unspecified atom stereocenters. The number of aliphatic carboxylic acids is 1. The second-order valence-electron chi connectivity index (χ2n) is 5.20. The average molecular weight is 351 g/mol. The van der Waals surface area contributed by atoms with Crippen molar-refractivity contribution in [1.82, 2.24) is 0 Å². The highest BCUT2D eigenvalue weighted by atomic mass is 16.6. The second kappa shape index (κ2) is 6.59. The van der Waals surface area contributed by atoms with Gasteiger partial charge < -0.3 is 25.0 Å². The fourth-order valence-corrected chi connectivity index (χ4v) is 2.35. The Labute approximate surface area is 140 Å². The number of carbonyl (C=O) groups excluding carboxylic acids is 3. The van der Waals surface area contributed by atoms with Gasteiger partial charge >= 0.3 is 23.9 Å². The van der Waals surface area contributed by atoms with Gasteiger partial charge in [-0.25, -0.2) is 9.59 Å². The van der Waals surface area contributed by atoms with E-state index in [0.717, 1.165) is 6.92 Å².